The quantitative estimate of drug-likeness (QED) is 0.879. The second-order valence-electron chi connectivity index (χ2n) is 6.04. The molecule has 18 heavy (non-hydrogen) atoms. The lowest BCUT2D eigenvalue weighted by atomic mass is 9.64. The van der Waals surface area contributed by atoms with Crippen LogP contribution in [0.2, 0.25) is 0 Å². The third-order valence-corrected chi connectivity index (χ3v) is 4.24. The molecule has 0 radical (unpaired) electrons. The Morgan fingerprint density at radius 3 is 2.67 bits per heavy atom. The molecule has 2 heteroatoms. The molecule has 2 unspecified atom stereocenters. The minimum Gasteiger partial charge on any atom is -0.489 e. The van der Waals surface area contributed by atoms with Crippen LogP contribution in [0.4, 0.5) is 0 Å². The molecule has 1 aliphatic carbocycles. The van der Waals surface area contributed by atoms with Crippen LogP contribution >= 0.6 is 0 Å². The molecule has 0 saturated heterocycles. The van der Waals surface area contributed by atoms with E-state index in [9.17, 15) is 0 Å². The number of benzene rings is 1. The molecular weight excluding hydrogens is 222 g/mol. The maximum Gasteiger partial charge on any atom is 0.122 e. The van der Waals surface area contributed by atoms with Gasteiger partial charge < -0.3 is 10.1 Å². The van der Waals surface area contributed by atoms with Crippen molar-refractivity contribution in [2.75, 3.05) is 6.54 Å². The molecule has 0 aromatic heterocycles. The van der Waals surface area contributed by atoms with E-state index in [1.165, 1.54) is 11.1 Å². The third-order valence-electron chi connectivity index (χ3n) is 4.24. The first-order valence-electron chi connectivity index (χ1n) is 6.92. The Morgan fingerprint density at radius 1 is 1.33 bits per heavy atom. The monoisotopic (exact) mass is 247 g/mol. The lowest BCUT2D eigenvalue weighted by Crippen LogP contribution is -2.62. The molecule has 0 heterocycles. The van der Waals surface area contributed by atoms with E-state index in [-0.39, 0.29) is 5.41 Å². The van der Waals surface area contributed by atoms with Crippen molar-refractivity contribution in [2.45, 2.75) is 53.2 Å². The Bertz CT molecular complexity index is 425. The van der Waals surface area contributed by atoms with E-state index in [1.807, 2.05) is 0 Å². The summed E-state index contributed by atoms with van der Waals surface area (Å²) >= 11 is 0. The number of nitrogens with one attached hydrogen (secondary N) is 1. The fourth-order valence-electron chi connectivity index (χ4n) is 2.67. The van der Waals surface area contributed by atoms with Crippen LogP contribution in [0.3, 0.4) is 0 Å². The zero-order valence-corrected chi connectivity index (χ0v) is 12.2. The number of hydrogen-bond donors (Lipinski definition) is 1. The molecule has 2 atom stereocenters. The average Bonchev–Trinajstić information content (AvgIpc) is 2.32. The molecule has 2 rings (SSSR count). The Labute approximate surface area is 111 Å². The van der Waals surface area contributed by atoms with Gasteiger partial charge in [0.2, 0.25) is 0 Å². The van der Waals surface area contributed by atoms with Crippen molar-refractivity contribution in [1.82, 2.24) is 5.32 Å². The van der Waals surface area contributed by atoms with Gasteiger partial charge in [-0.1, -0.05) is 32.9 Å². The first-order chi connectivity index (χ1) is 8.45. The summed E-state index contributed by atoms with van der Waals surface area (Å²) in [5.74, 6) is 1.04. The van der Waals surface area contributed by atoms with Crippen LogP contribution < -0.4 is 10.1 Å². The molecule has 0 amide bonds. The van der Waals surface area contributed by atoms with Gasteiger partial charge in [0.15, 0.2) is 0 Å². The van der Waals surface area contributed by atoms with E-state index < -0.39 is 0 Å². The Hall–Kier alpha value is -1.02. The van der Waals surface area contributed by atoms with Gasteiger partial charge in [-0.3, -0.25) is 0 Å². The minimum absolute atomic E-state index is 0.214. The SMILES string of the molecule is CCNC1CC(Oc2cc(C)ccc2C)C1(C)C. The Morgan fingerprint density at radius 2 is 2.06 bits per heavy atom. The van der Waals surface area contributed by atoms with Crippen LogP contribution in [0, 0.1) is 19.3 Å². The summed E-state index contributed by atoms with van der Waals surface area (Å²) in [5.41, 5.74) is 2.70. The van der Waals surface area contributed by atoms with Gasteiger partial charge in [0.1, 0.15) is 11.9 Å². The van der Waals surface area contributed by atoms with E-state index in [1.54, 1.807) is 0 Å². The molecule has 2 nitrogen and oxygen atoms in total. The summed E-state index contributed by atoms with van der Waals surface area (Å²) in [7, 11) is 0. The predicted octanol–water partition coefficient (Wildman–Crippen LogP) is 3.46. The summed E-state index contributed by atoms with van der Waals surface area (Å²) in [5, 5.41) is 3.53. The van der Waals surface area contributed by atoms with Crippen LogP contribution in [0.25, 0.3) is 0 Å². The first-order valence-corrected chi connectivity index (χ1v) is 6.92. The topological polar surface area (TPSA) is 21.3 Å². The summed E-state index contributed by atoms with van der Waals surface area (Å²) in [6, 6.07) is 7.00. The molecule has 0 bridgehead atoms. The molecular formula is C16H25NO. The van der Waals surface area contributed by atoms with Crippen molar-refractivity contribution < 1.29 is 4.74 Å². The molecule has 1 aromatic rings. The smallest absolute Gasteiger partial charge is 0.122 e. The van der Waals surface area contributed by atoms with Gasteiger partial charge in [0.25, 0.3) is 0 Å². The van der Waals surface area contributed by atoms with Crippen LogP contribution in [0.15, 0.2) is 18.2 Å². The minimum atomic E-state index is 0.214. The van der Waals surface area contributed by atoms with E-state index >= 15 is 0 Å². The molecule has 0 aliphatic heterocycles. The molecule has 1 fully saturated rings. The molecule has 0 spiro atoms. The van der Waals surface area contributed by atoms with Gasteiger partial charge >= 0.3 is 0 Å². The standard InChI is InChI=1S/C16H25NO/c1-6-17-14-10-15(16(14,4)5)18-13-9-11(2)7-8-12(13)3/h7-9,14-15,17H,6,10H2,1-5H3. The zero-order valence-electron chi connectivity index (χ0n) is 12.2. The summed E-state index contributed by atoms with van der Waals surface area (Å²) in [4.78, 5) is 0. The molecule has 1 saturated carbocycles. The Kier molecular flexibility index (Phi) is 3.67. The second-order valence-corrected chi connectivity index (χ2v) is 6.04. The number of hydrogen-bond acceptors (Lipinski definition) is 2. The highest BCUT2D eigenvalue weighted by Gasteiger charge is 2.49. The predicted molar refractivity (Wildman–Crippen MR) is 76.2 cm³/mol. The van der Waals surface area contributed by atoms with Crippen molar-refractivity contribution in [1.29, 1.82) is 0 Å². The maximum absolute atomic E-state index is 6.21. The number of ether oxygens (including phenoxy) is 1. The van der Waals surface area contributed by atoms with Crippen LogP contribution in [-0.2, 0) is 0 Å². The molecule has 1 aliphatic rings. The third kappa shape index (κ3) is 2.39. The Balaban J connectivity index is 2.05. The van der Waals surface area contributed by atoms with Gasteiger partial charge in [-0.15, -0.1) is 0 Å². The zero-order chi connectivity index (χ0) is 13.3. The van der Waals surface area contributed by atoms with E-state index in [0.717, 1.165) is 18.7 Å². The fraction of sp³-hybridized carbons (Fsp3) is 0.625. The van der Waals surface area contributed by atoms with Crippen molar-refractivity contribution in [2.24, 2.45) is 5.41 Å². The largest absolute Gasteiger partial charge is 0.489 e. The molecule has 1 N–H and O–H groups in total. The van der Waals surface area contributed by atoms with E-state index in [2.05, 4.69) is 58.1 Å². The molecule has 100 valence electrons. The number of rotatable bonds is 4. The van der Waals surface area contributed by atoms with Crippen LogP contribution in [0.1, 0.15) is 38.3 Å². The van der Waals surface area contributed by atoms with Gasteiger partial charge in [0.05, 0.1) is 0 Å². The van der Waals surface area contributed by atoms with E-state index in [4.69, 9.17) is 4.74 Å². The fourth-order valence-corrected chi connectivity index (χ4v) is 2.67. The highest BCUT2D eigenvalue weighted by Crippen LogP contribution is 2.43. The summed E-state index contributed by atoms with van der Waals surface area (Å²) < 4.78 is 6.21. The van der Waals surface area contributed by atoms with Crippen molar-refractivity contribution in [3.63, 3.8) is 0 Å². The highest BCUT2D eigenvalue weighted by atomic mass is 16.5. The number of aryl methyl sites for hydroxylation is 2. The summed E-state index contributed by atoms with van der Waals surface area (Å²) in [6.45, 7) is 12.0. The van der Waals surface area contributed by atoms with Crippen molar-refractivity contribution >= 4 is 0 Å². The lowest BCUT2D eigenvalue weighted by molar-refractivity contribution is -0.0544. The van der Waals surface area contributed by atoms with Crippen LogP contribution in [-0.4, -0.2) is 18.7 Å². The van der Waals surface area contributed by atoms with Crippen molar-refractivity contribution in [3.05, 3.63) is 29.3 Å². The lowest BCUT2D eigenvalue weighted by Gasteiger charge is -2.51. The maximum atomic E-state index is 6.21. The van der Waals surface area contributed by atoms with Gasteiger partial charge in [-0.25, -0.2) is 0 Å². The van der Waals surface area contributed by atoms with Crippen LogP contribution in [0.5, 0.6) is 5.75 Å². The second kappa shape index (κ2) is 4.93. The first kappa shape index (κ1) is 13.4. The van der Waals surface area contributed by atoms with E-state index in [0.29, 0.717) is 12.1 Å². The van der Waals surface area contributed by atoms with Gasteiger partial charge in [-0.2, -0.15) is 0 Å². The normalized spacial score (nSPS) is 25.6. The summed E-state index contributed by atoms with van der Waals surface area (Å²) in [6.07, 6.45) is 1.43. The van der Waals surface area contributed by atoms with Gasteiger partial charge in [0, 0.05) is 17.9 Å². The van der Waals surface area contributed by atoms with Crippen molar-refractivity contribution in [3.8, 4) is 5.75 Å². The molecule has 1 aromatic carbocycles. The highest BCUT2D eigenvalue weighted by molar-refractivity contribution is 5.36. The average molecular weight is 247 g/mol. The van der Waals surface area contributed by atoms with Gasteiger partial charge in [-0.05, 0) is 37.6 Å².